The number of pyridine rings is 1. The molecule has 1 saturated carbocycles. The lowest BCUT2D eigenvalue weighted by Gasteiger charge is -2.31. The Bertz CT molecular complexity index is 718. The standard InChI is InChI=1S/C17H19N3O2/c21-17(22)12-6-3-5-11-15(12)19-20-16(11)14-9-8-10-4-1-2-7-13(10)18-14/h1-2,4,7-9,11-12,15-16,19-20H,3,5-6H2,(H,21,22). The zero-order valence-electron chi connectivity index (χ0n) is 12.2. The van der Waals surface area contributed by atoms with Crippen molar-refractivity contribution in [3.05, 3.63) is 42.1 Å². The highest BCUT2D eigenvalue weighted by molar-refractivity contribution is 5.78. The van der Waals surface area contributed by atoms with Gasteiger partial charge in [-0.2, -0.15) is 0 Å². The van der Waals surface area contributed by atoms with Gasteiger partial charge in [-0.1, -0.05) is 30.7 Å². The molecule has 0 spiro atoms. The van der Waals surface area contributed by atoms with Gasteiger partial charge in [0.25, 0.3) is 0 Å². The normalized spacial score (nSPS) is 31.1. The first-order valence-electron chi connectivity index (χ1n) is 7.83. The van der Waals surface area contributed by atoms with E-state index in [1.807, 2.05) is 18.2 Å². The Hall–Kier alpha value is -1.98. The Labute approximate surface area is 128 Å². The van der Waals surface area contributed by atoms with Gasteiger partial charge in [-0.3, -0.25) is 15.2 Å². The van der Waals surface area contributed by atoms with E-state index >= 15 is 0 Å². The molecule has 22 heavy (non-hydrogen) atoms. The predicted molar refractivity (Wildman–Crippen MR) is 83.0 cm³/mol. The molecular weight excluding hydrogens is 278 g/mol. The minimum atomic E-state index is -0.698. The largest absolute Gasteiger partial charge is 0.481 e. The number of carboxylic acids is 1. The number of fused-ring (bicyclic) bond motifs is 2. The molecule has 1 aliphatic heterocycles. The van der Waals surface area contributed by atoms with Crippen molar-refractivity contribution >= 4 is 16.9 Å². The number of carboxylic acid groups (broad SMARTS) is 1. The first kappa shape index (κ1) is 13.7. The summed E-state index contributed by atoms with van der Waals surface area (Å²) in [6, 6.07) is 12.3. The van der Waals surface area contributed by atoms with E-state index in [0.29, 0.717) is 0 Å². The highest BCUT2D eigenvalue weighted by Gasteiger charge is 2.46. The third-order valence-corrected chi connectivity index (χ3v) is 5.04. The van der Waals surface area contributed by atoms with E-state index in [1.165, 1.54) is 0 Å². The molecule has 4 unspecified atom stereocenters. The monoisotopic (exact) mass is 297 g/mol. The maximum Gasteiger partial charge on any atom is 0.308 e. The molecule has 2 aromatic rings. The highest BCUT2D eigenvalue weighted by Crippen LogP contribution is 2.40. The topological polar surface area (TPSA) is 74.2 Å². The van der Waals surface area contributed by atoms with Crippen molar-refractivity contribution in [2.24, 2.45) is 11.8 Å². The molecule has 5 heteroatoms. The second kappa shape index (κ2) is 5.34. The van der Waals surface area contributed by atoms with Gasteiger partial charge in [-0.25, -0.2) is 5.43 Å². The number of aliphatic carboxylic acids is 1. The van der Waals surface area contributed by atoms with E-state index in [4.69, 9.17) is 4.98 Å². The average Bonchev–Trinajstić information content (AvgIpc) is 2.98. The van der Waals surface area contributed by atoms with Crippen molar-refractivity contribution in [2.45, 2.75) is 31.3 Å². The summed E-state index contributed by atoms with van der Waals surface area (Å²) in [6.45, 7) is 0. The van der Waals surface area contributed by atoms with Crippen molar-refractivity contribution in [3.63, 3.8) is 0 Å². The molecule has 1 aliphatic carbocycles. The van der Waals surface area contributed by atoms with Gasteiger partial charge in [0.2, 0.25) is 0 Å². The Morgan fingerprint density at radius 2 is 2.00 bits per heavy atom. The van der Waals surface area contributed by atoms with E-state index in [2.05, 4.69) is 29.1 Å². The molecule has 0 radical (unpaired) electrons. The SMILES string of the molecule is O=C(O)C1CCCC2C(c3ccc4ccccc4n3)NNC12. The van der Waals surface area contributed by atoms with Gasteiger partial charge in [0, 0.05) is 11.4 Å². The van der Waals surface area contributed by atoms with Crippen LogP contribution in [0.3, 0.4) is 0 Å². The molecule has 1 aromatic carbocycles. The number of benzene rings is 1. The molecule has 0 amide bonds. The molecule has 2 fully saturated rings. The average molecular weight is 297 g/mol. The number of carbonyl (C=O) groups is 1. The first-order chi connectivity index (χ1) is 10.7. The first-order valence-corrected chi connectivity index (χ1v) is 7.83. The molecule has 5 nitrogen and oxygen atoms in total. The highest BCUT2D eigenvalue weighted by atomic mass is 16.4. The van der Waals surface area contributed by atoms with Crippen LogP contribution in [0.4, 0.5) is 0 Å². The van der Waals surface area contributed by atoms with Crippen LogP contribution in [-0.2, 0) is 4.79 Å². The second-order valence-corrected chi connectivity index (χ2v) is 6.26. The summed E-state index contributed by atoms with van der Waals surface area (Å²) in [6.07, 6.45) is 2.75. The van der Waals surface area contributed by atoms with Crippen molar-refractivity contribution in [2.75, 3.05) is 0 Å². The number of hydrogen-bond donors (Lipinski definition) is 3. The van der Waals surface area contributed by atoms with Crippen LogP contribution in [0.5, 0.6) is 0 Å². The summed E-state index contributed by atoms with van der Waals surface area (Å²) >= 11 is 0. The summed E-state index contributed by atoms with van der Waals surface area (Å²) in [5.74, 6) is -0.726. The fourth-order valence-electron chi connectivity index (χ4n) is 3.93. The van der Waals surface area contributed by atoms with Crippen LogP contribution in [0.2, 0.25) is 0 Å². The van der Waals surface area contributed by atoms with E-state index < -0.39 is 5.97 Å². The predicted octanol–water partition coefficient (Wildman–Crippen LogP) is 2.25. The smallest absolute Gasteiger partial charge is 0.308 e. The minimum absolute atomic E-state index is 0.00970. The molecule has 1 saturated heterocycles. The van der Waals surface area contributed by atoms with Crippen LogP contribution >= 0.6 is 0 Å². The summed E-state index contributed by atoms with van der Waals surface area (Å²) < 4.78 is 0. The third-order valence-electron chi connectivity index (χ3n) is 5.04. The van der Waals surface area contributed by atoms with Crippen molar-refractivity contribution < 1.29 is 9.90 Å². The maximum atomic E-state index is 11.4. The number of hydrazine groups is 1. The molecule has 4 atom stereocenters. The molecule has 2 heterocycles. The maximum absolute atomic E-state index is 11.4. The Balaban J connectivity index is 1.66. The van der Waals surface area contributed by atoms with Crippen LogP contribution < -0.4 is 10.9 Å². The lowest BCUT2D eigenvalue weighted by molar-refractivity contribution is -0.144. The van der Waals surface area contributed by atoms with Crippen LogP contribution in [0.1, 0.15) is 31.0 Å². The number of aromatic nitrogens is 1. The Kier molecular flexibility index (Phi) is 3.32. The van der Waals surface area contributed by atoms with Crippen molar-refractivity contribution in [1.82, 2.24) is 15.8 Å². The fourth-order valence-corrected chi connectivity index (χ4v) is 3.93. The lowest BCUT2D eigenvalue weighted by Crippen LogP contribution is -2.43. The molecule has 1 aromatic heterocycles. The number of rotatable bonds is 2. The van der Waals surface area contributed by atoms with Gasteiger partial charge in [0.15, 0.2) is 0 Å². The summed E-state index contributed by atoms with van der Waals surface area (Å²) in [7, 11) is 0. The Morgan fingerprint density at radius 3 is 2.86 bits per heavy atom. The van der Waals surface area contributed by atoms with Crippen LogP contribution in [-0.4, -0.2) is 22.1 Å². The third kappa shape index (κ3) is 2.17. The molecule has 4 rings (SSSR count). The zero-order chi connectivity index (χ0) is 15.1. The number of nitrogens with one attached hydrogen (secondary N) is 2. The minimum Gasteiger partial charge on any atom is -0.481 e. The Morgan fingerprint density at radius 1 is 1.14 bits per heavy atom. The van der Waals surface area contributed by atoms with E-state index in [9.17, 15) is 9.90 Å². The van der Waals surface area contributed by atoms with Gasteiger partial charge >= 0.3 is 5.97 Å². The quantitative estimate of drug-likeness (QED) is 0.793. The van der Waals surface area contributed by atoms with Gasteiger partial charge in [0.1, 0.15) is 0 Å². The molecule has 0 bridgehead atoms. The van der Waals surface area contributed by atoms with Gasteiger partial charge in [0.05, 0.1) is 23.2 Å². The second-order valence-electron chi connectivity index (χ2n) is 6.26. The van der Waals surface area contributed by atoms with Gasteiger partial charge < -0.3 is 5.11 Å². The molecular formula is C17H19N3O2. The van der Waals surface area contributed by atoms with E-state index in [1.54, 1.807) is 0 Å². The van der Waals surface area contributed by atoms with E-state index in [0.717, 1.165) is 35.9 Å². The van der Waals surface area contributed by atoms with Gasteiger partial charge in [-0.15, -0.1) is 0 Å². The molecule has 3 N–H and O–H groups in total. The summed E-state index contributed by atoms with van der Waals surface area (Å²) in [5, 5.41) is 10.5. The molecule has 114 valence electrons. The molecule has 2 aliphatic rings. The van der Waals surface area contributed by atoms with Crippen LogP contribution in [0.15, 0.2) is 36.4 Å². The van der Waals surface area contributed by atoms with E-state index in [-0.39, 0.29) is 23.9 Å². The summed E-state index contributed by atoms with van der Waals surface area (Å²) in [4.78, 5) is 16.2. The number of hydrogen-bond acceptors (Lipinski definition) is 4. The fraction of sp³-hybridized carbons (Fsp3) is 0.412. The van der Waals surface area contributed by atoms with Gasteiger partial charge in [-0.05, 0) is 30.9 Å². The van der Waals surface area contributed by atoms with Crippen LogP contribution in [0, 0.1) is 11.8 Å². The number of nitrogens with zero attached hydrogens (tertiary/aromatic N) is 1. The lowest BCUT2D eigenvalue weighted by atomic mass is 9.74. The summed E-state index contributed by atoms with van der Waals surface area (Å²) in [5.41, 5.74) is 8.48. The van der Waals surface area contributed by atoms with Crippen molar-refractivity contribution in [3.8, 4) is 0 Å². The van der Waals surface area contributed by atoms with Crippen molar-refractivity contribution in [1.29, 1.82) is 0 Å². The zero-order valence-corrected chi connectivity index (χ0v) is 12.2. The number of para-hydroxylation sites is 1. The van der Waals surface area contributed by atoms with Crippen LogP contribution in [0.25, 0.3) is 10.9 Å².